The van der Waals surface area contributed by atoms with Crippen LogP contribution in [0.1, 0.15) is 29.8 Å². The third kappa shape index (κ3) is 2.64. The molecule has 4 heteroatoms. The minimum Gasteiger partial charge on any atom is -0.507 e. The SMILES string of the molecule is Cc1ccc(C(=O)N2CC(C)NC(C)C2)c(O)c1. The van der Waals surface area contributed by atoms with Gasteiger partial charge in [0, 0.05) is 25.2 Å². The number of hydrogen-bond donors (Lipinski definition) is 2. The second-order valence-corrected chi connectivity index (χ2v) is 5.20. The summed E-state index contributed by atoms with van der Waals surface area (Å²) in [4.78, 5) is 14.2. The molecule has 0 saturated carbocycles. The van der Waals surface area contributed by atoms with Crippen LogP contribution in [0.4, 0.5) is 0 Å². The van der Waals surface area contributed by atoms with Gasteiger partial charge in [0.2, 0.25) is 0 Å². The smallest absolute Gasteiger partial charge is 0.257 e. The molecule has 0 bridgehead atoms. The van der Waals surface area contributed by atoms with Crippen LogP contribution in [0, 0.1) is 6.92 Å². The van der Waals surface area contributed by atoms with E-state index < -0.39 is 0 Å². The fourth-order valence-electron chi connectivity index (χ4n) is 2.49. The van der Waals surface area contributed by atoms with Crippen molar-refractivity contribution in [3.05, 3.63) is 29.3 Å². The summed E-state index contributed by atoms with van der Waals surface area (Å²) in [7, 11) is 0. The molecule has 1 heterocycles. The Kier molecular flexibility index (Phi) is 3.57. The molecule has 1 saturated heterocycles. The van der Waals surface area contributed by atoms with E-state index in [4.69, 9.17) is 0 Å². The number of phenolic OH excluding ortho intramolecular Hbond substituents is 1. The summed E-state index contributed by atoms with van der Waals surface area (Å²) >= 11 is 0. The monoisotopic (exact) mass is 248 g/mol. The predicted molar refractivity (Wildman–Crippen MR) is 70.8 cm³/mol. The van der Waals surface area contributed by atoms with Gasteiger partial charge in [-0.2, -0.15) is 0 Å². The highest BCUT2D eigenvalue weighted by Gasteiger charge is 2.26. The maximum absolute atomic E-state index is 12.4. The minimum absolute atomic E-state index is 0.0684. The fourth-order valence-corrected chi connectivity index (χ4v) is 2.49. The lowest BCUT2D eigenvalue weighted by Crippen LogP contribution is -2.55. The summed E-state index contributed by atoms with van der Waals surface area (Å²) < 4.78 is 0. The van der Waals surface area contributed by atoms with Crippen LogP contribution in [-0.2, 0) is 0 Å². The van der Waals surface area contributed by atoms with E-state index in [1.54, 1.807) is 17.0 Å². The van der Waals surface area contributed by atoms with Crippen LogP contribution in [0.25, 0.3) is 0 Å². The normalized spacial score (nSPS) is 24.1. The van der Waals surface area contributed by atoms with E-state index in [-0.39, 0.29) is 23.7 Å². The van der Waals surface area contributed by atoms with Crippen LogP contribution >= 0.6 is 0 Å². The molecular weight excluding hydrogens is 228 g/mol. The van der Waals surface area contributed by atoms with Gasteiger partial charge < -0.3 is 15.3 Å². The maximum atomic E-state index is 12.4. The van der Waals surface area contributed by atoms with Crippen molar-refractivity contribution < 1.29 is 9.90 Å². The molecule has 0 radical (unpaired) electrons. The molecule has 1 amide bonds. The quantitative estimate of drug-likeness (QED) is 0.792. The molecule has 1 aliphatic rings. The molecule has 2 atom stereocenters. The van der Waals surface area contributed by atoms with E-state index in [1.807, 2.05) is 13.0 Å². The Labute approximate surface area is 108 Å². The predicted octanol–water partition coefficient (Wildman–Crippen LogP) is 1.52. The zero-order chi connectivity index (χ0) is 13.3. The van der Waals surface area contributed by atoms with Gasteiger partial charge in [0.25, 0.3) is 5.91 Å². The first kappa shape index (κ1) is 12.9. The van der Waals surface area contributed by atoms with Crippen molar-refractivity contribution in [3.63, 3.8) is 0 Å². The minimum atomic E-state index is -0.0901. The van der Waals surface area contributed by atoms with Gasteiger partial charge >= 0.3 is 0 Å². The number of amides is 1. The lowest BCUT2D eigenvalue weighted by Gasteiger charge is -2.36. The fraction of sp³-hybridized carbons (Fsp3) is 0.500. The maximum Gasteiger partial charge on any atom is 0.257 e. The number of rotatable bonds is 1. The average Bonchev–Trinajstić information content (AvgIpc) is 2.26. The van der Waals surface area contributed by atoms with Crippen molar-refractivity contribution in [3.8, 4) is 5.75 Å². The molecule has 1 aromatic carbocycles. The summed E-state index contributed by atoms with van der Waals surface area (Å²) in [6.07, 6.45) is 0. The molecular formula is C14H20N2O2. The molecule has 2 rings (SSSR count). The van der Waals surface area contributed by atoms with Crippen molar-refractivity contribution in [2.75, 3.05) is 13.1 Å². The molecule has 98 valence electrons. The molecule has 2 unspecified atom stereocenters. The first-order valence-electron chi connectivity index (χ1n) is 6.32. The highest BCUT2D eigenvalue weighted by Crippen LogP contribution is 2.21. The largest absolute Gasteiger partial charge is 0.507 e. The summed E-state index contributed by atoms with van der Waals surface area (Å²) in [5.74, 6) is -0.0217. The Morgan fingerprint density at radius 1 is 1.33 bits per heavy atom. The van der Waals surface area contributed by atoms with E-state index in [0.29, 0.717) is 18.7 Å². The van der Waals surface area contributed by atoms with Crippen LogP contribution in [-0.4, -0.2) is 41.1 Å². The van der Waals surface area contributed by atoms with Gasteiger partial charge in [0.05, 0.1) is 5.56 Å². The topological polar surface area (TPSA) is 52.6 Å². The van der Waals surface area contributed by atoms with Crippen LogP contribution < -0.4 is 5.32 Å². The number of piperazine rings is 1. The summed E-state index contributed by atoms with van der Waals surface area (Å²) in [5, 5.41) is 13.2. The molecule has 1 fully saturated rings. The average molecular weight is 248 g/mol. The van der Waals surface area contributed by atoms with Gasteiger partial charge in [-0.3, -0.25) is 4.79 Å². The highest BCUT2D eigenvalue weighted by atomic mass is 16.3. The zero-order valence-electron chi connectivity index (χ0n) is 11.1. The Balaban J connectivity index is 2.20. The lowest BCUT2D eigenvalue weighted by molar-refractivity contribution is 0.0671. The van der Waals surface area contributed by atoms with Gasteiger partial charge in [-0.15, -0.1) is 0 Å². The van der Waals surface area contributed by atoms with Crippen molar-refractivity contribution in [1.82, 2.24) is 10.2 Å². The third-order valence-corrected chi connectivity index (χ3v) is 3.23. The number of nitrogens with zero attached hydrogens (tertiary/aromatic N) is 1. The van der Waals surface area contributed by atoms with Crippen LogP contribution in [0.3, 0.4) is 0 Å². The number of aromatic hydroxyl groups is 1. The molecule has 2 N–H and O–H groups in total. The number of nitrogens with one attached hydrogen (secondary N) is 1. The van der Waals surface area contributed by atoms with Crippen molar-refractivity contribution in [2.45, 2.75) is 32.9 Å². The second-order valence-electron chi connectivity index (χ2n) is 5.20. The Morgan fingerprint density at radius 2 is 1.94 bits per heavy atom. The lowest BCUT2D eigenvalue weighted by atomic mass is 10.1. The van der Waals surface area contributed by atoms with Crippen LogP contribution in [0.5, 0.6) is 5.75 Å². The Morgan fingerprint density at radius 3 is 2.50 bits per heavy atom. The zero-order valence-corrected chi connectivity index (χ0v) is 11.1. The molecule has 4 nitrogen and oxygen atoms in total. The number of aryl methyl sites for hydroxylation is 1. The number of carbonyl (C=O) groups excluding carboxylic acids is 1. The molecule has 0 aliphatic carbocycles. The van der Waals surface area contributed by atoms with Gasteiger partial charge in [0.15, 0.2) is 0 Å². The first-order valence-corrected chi connectivity index (χ1v) is 6.32. The van der Waals surface area contributed by atoms with Crippen molar-refractivity contribution in [2.24, 2.45) is 0 Å². The van der Waals surface area contributed by atoms with E-state index in [0.717, 1.165) is 5.56 Å². The van der Waals surface area contributed by atoms with Crippen LogP contribution in [0.15, 0.2) is 18.2 Å². The third-order valence-electron chi connectivity index (χ3n) is 3.23. The molecule has 1 aromatic rings. The van der Waals surface area contributed by atoms with Gasteiger partial charge in [-0.1, -0.05) is 6.07 Å². The van der Waals surface area contributed by atoms with Gasteiger partial charge in [0.1, 0.15) is 5.75 Å². The van der Waals surface area contributed by atoms with Gasteiger partial charge in [-0.25, -0.2) is 0 Å². The van der Waals surface area contributed by atoms with E-state index in [2.05, 4.69) is 19.2 Å². The second kappa shape index (κ2) is 4.98. The van der Waals surface area contributed by atoms with E-state index >= 15 is 0 Å². The van der Waals surface area contributed by atoms with Crippen molar-refractivity contribution >= 4 is 5.91 Å². The Hall–Kier alpha value is -1.55. The van der Waals surface area contributed by atoms with Crippen LogP contribution in [0.2, 0.25) is 0 Å². The summed E-state index contributed by atoms with van der Waals surface area (Å²) in [6.45, 7) is 7.37. The summed E-state index contributed by atoms with van der Waals surface area (Å²) in [6, 6.07) is 5.74. The number of phenols is 1. The summed E-state index contributed by atoms with van der Waals surface area (Å²) in [5.41, 5.74) is 1.34. The first-order chi connectivity index (χ1) is 8.47. The molecule has 0 aromatic heterocycles. The van der Waals surface area contributed by atoms with Crippen molar-refractivity contribution in [1.29, 1.82) is 0 Å². The number of hydrogen-bond acceptors (Lipinski definition) is 3. The molecule has 18 heavy (non-hydrogen) atoms. The molecule has 0 spiro atoms. The molecule has 1 aliphatic heterocycles. The Bertz CT molecular complexity index is 449. The van der Waals surface area contributed by atoms with E-state index in [1.165, 1.54) is 0 Å². The number of carbonyl (C=O) groups is 1. The number of benzene rings is 1. The standard InChI is InChI=1S/C14H20N2O2/c1-9-4-5-12(13(17)6-9)14(18)16-7-10(2)15-11(3)8-16/h4-6,10-11,15,17H,7-8H2,1-3H3. The van der Waals surface area contributed by atoms with Gasteiger partial charge in [-0.05, 0) is 38.5 Å². The highest BCUT2D eigenvalue weighted by molar-refractivity contribution is 5.97. The van der Waals surface area contributed by atoms with E-state index in [9.17, 15) is 9.90 Å².